The Kier molecular flexibility index (Phi) is 6.17. The van der Waals surface area contributed by atoms with Crippen molar-refractivity contribution in [1.82, 2.24) is 5.32 Å². The van der Waals surface area contributed by atoms with Gasteiger partial charge in [0.2, 0.25) is 5.91 Å². The maximum absolute atomic E-state index is 11.5. The van der Waals surface area contributed by atoms with Crippen LogP contribution >= 0.6 is 0 Å². The van der Waals surface area contributed by atoms with Crippen LogP contribution in [0.3, 0.4) is 0 Å². The summed E-state index contributed by atoms with van der Waals surface area (Å²) in [5, 5.41) is 2.66. The van der Waals surface area contributed by atoms with E-state index in [1.54, 1.807) is 25.1 Å². The molecule has 0 unspecified atom stereocenters. The number of carbonyl (C=O) groups excluding carboxylic acids is 2. The molecule has 4 nitrogen and oxygen atoms in total. The van der Waals surface area contributed by atoms with Gasteiger partial charge in [-0.2, -0.15) is 0 Å². The Morgan fingerprint density at radius 2 is 2.16 bits per heavy atom. The first kappa shape index (κ1) is 14.8. The van der Waals surface area contributed by atoms with E-state index in [4.69, 9.17) is 4.74 Å². The highest BCUT2D eigenvalue weighted by Crippen LogP contribution is 2.05. The van der Waals surface area contributed by atoms with E-state index in [1.165, 1.54) is 6.92 Å². The molecule has 0 aliphatic heterocycles. The Bertz CT molecular complexity index is 512. The molecule has 0 saturated carbocycles. The number of carbonyl (C=O) groups is 2. The second kappa shape index (κ2) is 7.93. The van der Waals surface area contributed by atoms with E-state index in [0.717, 1.165) is 5.56 Å². The van der Waals surface area contributed by atoms with Crippen molar-refractivity contribution in [3.8, 4) is 11.8 Å². The van der Waals surface area contributed by atoms with Crippen LogP contribution in [0.1, 0.15) is 36.2 Å². The van der Waals surface area contributed by atoms with E-state index in [9.17, 15) is 9.59 Å². The van der Waals surface area contributed by atoms with Gasteiger partial charge in [0.25, 0.3) is 0 Å². The smallest absolute Gasteiger partial charge is 0.338 e. The highest BCUT2D eigenvalue weighted by Gasteiger charge is 2.05. The monoisotopic (exact) mass is 259 g/mol. The molecule has 0 spiro atoms. The van der Waals surface area contributed by atoms with E-state index in [-0.39, 0.29) is 11.9 Å². The van der Waals surface area contributed by atoms with Crippen molar-refractivity contribution in [2.24, 2.45) is 0 Å². The predicted molar refractivity (Wildman–Crippen MR) is 72.6 cm³/mol. The summed E-state index contributed by atoms with van der Waals surface area (Å²) >= 11 is 0. The molecule has 0 aliphatic carbocycles. The summed E-state index contributed by atoms with van der Waals surface area (Å²) in [6.07, 6.45) is 0.573. The van der Waals surface area contributed by atoms with Gasteiger partial charge in [0.15, 0.2) is 0 Å². The normalized spacial score (nSPS) is 9.16. The molecular formula is C15H17NO3. The molecule has 4 heteroatoms. The Labute approximate surface area is 113 Å². The first-order valence-corrected chi connectivity index (χ1v) is 6.14. The van der Waals surface area contributed by atoms with Gasteiger partial charge in [-0.25, -0.2) is 4.79 Å². The number of esters is 1. The van der Waals surface area contributed by atoms with Gasteiger partial charge >= 0.3 is 5.97 Å². The quantitative estimate of drug-likeness (QED) is 0.509. The molecule has 100 valence electrons. The molecule has 0 atom stereocenters. The van der Waals surface area contributed by atoms with Crippen molar-refractivity contribution in [2.75, 3.05) is 13.2 Å². The van der Waals surface area contributed by atoms with Crippen LogP contribution in [-0.2, 0) is 9.53 Å². The molecule has 1 rings (SSSR count). The molecule has 0 bridgehead atoms. The molecule has 0 heterocycles. The lowest BCUT2D eigenvalue weighted by Gasteiger charge is -2.01. The van der Waals surface area contributed by atoms with Gasteiger partial charge in [-0.05, 0) is 25.1 Å². The van der Waals surface area contributed by atoms with Crippen LogP contribution in [0.4, 0.5) is 0 Å². The van der Waals surface area contributed by atoms with E-state index in [2.05, 4.69) is 17.2 Å². The lowest BCUT2D eigenvalue weighted by atomic mass is 10.1. The first-order valence-electron chi connectivity index (χ1n) is 6.14. The van der Waals surface area contributed by atoms with E-state index < -0.39 is 0 Å². The van der Waals surface area contributed by atoms with Crippen LogP contribution < -0.4 is 5.32 Å². The predicted octanol–water partition coefficient (Wildman–Crippen LogP) is 1.74. The fourth-order valence-corrected chi connectivity index (χ4v) is 1.40. The van der Waals surface area contributed by atoms with Gasteiger partial charge in [0.05, 0.1) is 12.2 Å². The maximum Gasteiger partial charge on any atom is 0.338 e. The number of hydrogen-bond acceptors (Lipinski definition) is 3. The fraction of sp³-hybridized carbons (Fsp3) is 0.333. The first-order chi connectivity index (χ1) is 9.13. The minimum absolute atomic E-state index is 0.0638. The van der Waals surface area contributed by atoms with Crippen LogP contribution in [0.5, 0.6) is 0 Å². The van der Waals surface area contributed by atoms with Crippen LogP contribution in [0.2, 0.25) is 0 Å². The van der Waals surface area contributed by atoms with Crippen molar-refractivity contribution in [2.45, 2.75) is 20.3 Å². The second-order valence-corrected chi connectivity index (χ2v) is 3.84. The lowest BCUT2D eigenvalue weighted by Crippen LogP contribution is -2.20. The summed E-state index contributed by atoms with van der Waals surface area (Å²) in [7, 11) is 0. The molecule has 1 aromatic carbocycles. The fourth-order valence-electron chi connectivity index (χ4n) is 1.40. The standard InChI is InChI=1S/C15H17NO3/c1-3-19-15(18)14-9-6-8-13(11-14)7-4-5-10-16-12(2)17/h6,8-9,11H,3,5,10H2,1-2H3,(H,16,17). The summed E-state index contributed by atoms with van der Waals surface area (Å²) < 4.78 is 4.92. The van der Waals surface area contributed by atoms with Crippen molar-refractivity contribution >= 4 is 11.9 Å². The Hall–Kier alpha value is -2.28. The number of ether oxygens (including phenoxy) is 1. The zero-order valence-corrected chi connectivity index (χ0v) is 11.2. The molecule has 1 aromatic rings. The van der Waals surface area contributed by atoms with Crippen molar-refractivity contribution in [1.29, 1.82) is 0 Å². The molecule has 0 fully saturated rings. The molecule has 1 N–H and O–H groups in total. The van der Waals surface area contributed by atoms with Gasteiger partial charge < -0.3 is 10.1 Å². The average molecular weight is 259 g/mol. The molecule has 0 aromatic heterocycles. The average Bonchev–Trinajstić information content (AvgIpc) is 2.38. The topological polar surface area (TPSA) is 55.4 Å². The van der Waals surface area contributed by atoms with Crippen LogP contribution in [0, 0.1) is 11.8 Å². The third kappa shape index (κ3) is 5.73. The summed E-state index contributed by atoms with van der Waals surface area (Å²) in [5.41, 5.74) is 1.25. The van der Waals surface area contributed by atoms with E-state index in [1.807, 2.05) is 6.07 Å². The number of hydrogen-bond donors (Lipinski definition) is 1. The SMILES string of the molecule is CCOC(=O)c1cccc(C#CCCNC(C)=O)c1. The largest absolute Gasteiger partial charge is 0.462 e. The number of benzene rings is 1. The molecule has 0 aliphatic rings. The zero-order valence-electron chi connectivity index (χ0n) is 11.2. The van der Waals surface area contributed by atoms with E-state index in [0.29, 0.717) is 25.1 Å². The van der Waals surface area contributed by atoms with Gasteiger partial charge in [-0.15, -0.1) is 0 Å². The minimum atomic E-state index is -0.343. The summed E-state index contributed by atoms with van der Waals surface area (Å²) in [6, 6.07) is 6.99. The Morgan fingerprint density at radius 3 is 2.84 bits per heavy atom. The van der Waals surface area contributed by atoms with E-state index >= 15 is 0 Å². The van der Waals surface area contributed by atoms with Crippen LogP contribution in [0.25, 0.3) is 0 Å². The van der Waals surface area contributed by atoms with Crippen LogP contribution in [0.15, 0.2) is 24.3 Å². The summed E-state index contributed by atoms with van der Waals surface area (Å²) in [5.74, 6) is 5.48. The third-order valence-electron chi connectivity index (χ3n) is 2.23. The number of amides is 1. The highest BCUT2D eigenvalue weighted by molar-refractivity contribution is 5.89. The lowest BCUT2D eigenvalue weighted by molar-refractivity contribution is -0.118. The molecule has 19 heavy (non-hydrogen) atoms. The second-order valence-electron chi connectivity index (χ2n) is 3.84. The van der Waals surface area contributed by atoms with Crippen molar-refractivity contribution in [3.05, 3.63) is 35.4 Å². The number of rotatable bonds is 4. The van der Waals surface area contributed by atoms with Gasteiger partial charge in [-0.3, -0.25) is 4.79 Å². The third-order valence-corrected chi connectivity index (χ3v) is 2.23. The van der Waals surface area contributed by atoms with Crippen molar-refractivity contribution in [3.63, 3.8) is 0 Å². The summed E-state index contributed by atoms with van der Waals surface area (Å²) in [6.45, 7) is 4.12. The van der Waals surface area contributed by atoms with Crippen molar-refractivity contribution < 1.29 is 14.3 Å². The van der Waals surface area contributed by atoms with Gasteiger partial charge in [-0.1, -0.05) is 17.9 Å². The zero-order chi connectivity index (χ0) is 14.1. The molecule has 0 radical (unpaired) electrons. The summed E-state index contributed by atoms with van der Waals surface area (Å²) in [4.78, 5) is 22.2. The Morgan fingerprint density at radius 1 is 1.37 bits per heavy atom. The Balaban J connectivity index is 2.59. The minimum Gasteiger partial charge on any atom is -0.462 e. The number of nitrogens with one attached hydrogen (secondary N) is 1. The van der Waals surface area contributed by atoms with Crippen LogP contribution in [-0.4, -0.2) is 25.0 Å². The van der Waals surface area contributed by atoms with Gasteiger partial charge in [0, 0.05) is 25.5 Å². The maximum atomic E-state index is 11.5. The highest BCUT2D eigenvalue weighted by atomic mass is 16.5. The molecular weight excluding hydrogens is 242 g/mol. The molecule has 0 saturated heterocycles. The van der Waals surface area contributed by atoms with Gasteiger partial charge in [0.1, 0.15) is 0 Å². The molecule has 1 amide bonds.